The van der Waals surface area contributed by atoms with Crippen molar-refractivity contribution in [1.29, 1.82) is 0 Å². The fourth-order valence-corrected chi connectivity index (χ4v) is 9.29. The van der Waals surface area contributed by atoms with Gasteiger partial charge in [0.15, 0.2) is 0 Å². The van der Waals surface area contributed by atoms with Crippen LogP contribution >= 0.6 is 22.7 Å². The summed E-state index contributed by atoms with van der Waals surface area (Å²) in [7, 11) is 0. The minimum absolute atomic E-state index is 1.05. The minimum Gasteiger partial charge on any atom is -0.256 e. The summed E-state index contributed by atoms with van der Waals surface area (Å²) in [5, 5.41) is 8.87. The Balaban J connectivity index is 1.14. The first kappa shape index (κ1) is 25.9. The van der Waals surface area contributed by atoms with Gasteiger partial charge < -0.3 is 0 Å². The third kappa shape index (κ3) is 3.96. The van der Waals surface area contributed by atoms with Gasteiger partial charge in [-0.25, -0.2) is 0 Å². The number of rotatable bonds is 3. The van der Waals surface area contributed by atoms with E-state index in [0.29, 0.717) is 0 Å². The van der Waals surface area contributed by atoms with Crippen LogP contribution in [0.15, 0.2) is 152 Å². The number of pyridine rings is 1. The van der Waals surface area contributed by atoms with E-state index < -0.39 is 0 Å². The zero-order valence-corrected chi connectivity index (χ0v) is 26.3. The molecule has 0 saturated heterocycles. The maximum atomic E-state index is 4.83. The molecule has 0 spiro atoms. The Labute approximate surface area is 273 Å². The summed E-state index contributed by atoms with van der Waals surface area (Å²) in [6.45, 7) is 0. The van der Waals surface area contributed by atoms with E-state index in [9.17, 15) is 0 Å². The molecule has 3 heteroatoms. The van der Waals surface area contributed by atoms with Crippen molar-refractivity contribution in [2.45, 2.75) is 0 Å². The summed E-state index contributed by atoms with van der Waals surface area (Å²) >= 11 is 3.74. The van der Waals surface area contributed by atoms with Crippen LogP contribution in [-0.2, 0) is 0 Å². The minimum atomic E-state index is 1.05. The fourth-order valence-electron chi connectivity index (χ4n) is 7.14. The second-order valence-electron chi connectivity index (χ2n) is 11.9. The molecule has 3 heterocycles. The third-order valence-corrected chi connectivity index (χ3v) is 11.6. The number of thiophene rings is 2. The second-order valence-corrected chi connectivity index (χ2v) is 14.1. The molecular weight excluding hydrogens is 595 g/mol. The number of hydrogen-bond acceptors (Lipinski definition) is 3. The molecule has 0 fully saturated rings. The molecule has 0 amide bonds. The predicted octanol–water partition coefficient (Wildman–Crippen LogP) is 13.1. The first-order chi connectivity index (χ1) is 22.8. The molecule has 10 aromatic rings. The zero-order chi connectivity index (χ0) is 30.2. The molecule has 0 saturated carbocycles. The topological polar surface area (TPSA) is 12.9 Å². The van der Waals surface area contributed by atoms with Gasteiger partial charge in [0.1, 0.15) is 0 Å². The van der Waals surface area contributed by atoms with E-state index in [0.717, 1.165) is 10.9 Å². The average molecular weight is 620 g/mol. The van der Waals surface area contributed by atoms with E-state index in [4.69, 9.17) is 4.98 Å². The summed E-state index contributed by atoms with van der Waals surface area (Å²) in [6.07, 6.45) is 1.90. The smallest absolute Gasteiger partial charge is 0.0786 e. The van der Waals surface area contributed by atoms with Crippen molar-refractivity contribution in [2.75, 3.05) is 0 Å². The third-order valence-electron chi connectivity index (χ3n) is 9.32. The molecule has 214 valence electrons. The van der Waals surface area contributed by atoms with Crippen molar-refractivity contribution in [2.24, 2.45) is 0 Å². The molecule has 1 nitrogen and oxygen atoms in total. The Bertz CT molecular complexity index is 2820. The van der Waals surface area contributed by atoms with Crippen LogP contribution in [0.1, 0.15) is 0 Å². The van der Waals surface area contributed by atoms with Crippen LogP contribution in [0.4, 0.5) is 0 Å². The standard InChI is InChI=1S/C43H25NS2/c1-2-10-32(34-12-5-7-26-14-15-27-8-6-22-44-43(27)42(26)34)31(9-1)30-18-21-41-37(25-30)36-24-29(17-20-40(36)46-41)28-16-19-39-35(23-28)33-11-3-4-13-38(33)45-39/h1-25H. The van der Waals surface area contributed by atoms with Crippen LogP contribution < -0.4 is 0 Å². The van der Waals surface area contributed by atoms with Crippen molar-refractivity contribution >= 4 is 84.7 Å². The molecule has 0 atom stereocenters. The van der Waals surface area contributed by atoms with Gasteiger partial charge in [-0.2, -0.15) is 0 Å². The largest absolute Gasteiger partial charge is 0.256 e. The Hall–Kier alpha value is -5.35. The molecule has 0 unspecified atom stereocenters. The SMILES string of the molecule is c1ccc(-c2cccc3ccc4cccnc4c23)c(-c2ccc3sc4ccc(-c5ccc6sc7ccccc7c6c5)cc4c3c2)c1. The highest BCUT2D eigenvalue weighted by molar-refractivity contribution is 7.26. The van der Waals surface area contributed by atoms with E-state index >= 15 is 0 Å². The number of fused-ring (bicyclic) bond motifs is 9. The highest BCUT2D eigenvalue weighted by Crippen LogP contribution is 2.43. The maximum absolute atomic E-state index is 4.83. The summed E-state index contributed by atoms with van der Waals surface area (Å²) in [5.74, 6) is 0. The van der Waals surface area contributed by atoms with Crippen LogP contribution in [0, 0.1) is 0 Å². The molecule has 0 bridgehead atoms. The van der Waals surface area contributed by atoms with Gasteiger partial charge in [0, 0.05) is 57.3 Å². The van der Waals surface area contributed by atoms with E-state index in [2.05, 4.69) is 140 Å². The normalized spacial score (nSPS) is 11.9. The molecule has 10 rings (SSSR count). The Morgan fingerprint density at radius 3 is 1.72 bits per heavy atom. The van der Waals surface area contributed by atoms with Crippen LogP contribution in [0.3, 0.4) is 0 Å². The number of hydrogen-bond donors (Lipinski definition) is 0. The van der Waals surface area contributed by atoms with Crippen LogP contribution in [0.5, 0.6) is 0 Å². The molecule has 0 aliphatic heterocycles. The molecule has 0 N–H and O–H groups in total. The van der Waals surface area contributed by atoms with Gasteiger partial charge in [0.25, 0.3) is 0 Å². The first-order valence-corrected chi connectivity index (χ1v) is 17.2. The Morgan fingerprint density at radius 2 is 0.935 bits per heavy atom. The molecule has 7 aromatic carbocycles. The molecule has 0 aliphatic rings. The van der Waals surface area contributed by atoms with Gasteiger partial charge in [-0.1, -0.05) is 97.1 Å². The summed E-state index contributed by atoms with van der Waals surface area (Å²) in [5.41, 5.74) is 8.46. The monoisotopic (exact) mass is 619 g/mol. The molecule has 0 aliphatic carbocycles. The van der Waals surface area contributed by atoms with Crippen LogP contribution in [-0.4, -0.2) is 4.98 Å². The van der Waals surface area contributed by atoms with Gasteiger partial charge in [0.2, 0.25) is 0 Å². The summed E-state index contributed by atoms with van der Waals surface area (Å²) < 4.78 is 5.31. The zero-order valence-electron chi connectivity index (χ0n) is 24.7. The van der Waals surface area contributed by atoms with E-state index in [1.165, 1.54) is 84.5 Å². The highest BCUT2D eigenvalue weighted by Gasteiger charge is 2.15. The first-order valence-electron chi connectivity index (χ1n) is 15.5. The summed E-state index contributed by atoms with van der Waals surface area (Å²) in [4.78, 5) is 4.83. The van der Waals surface area contributed by atoms with Gasteiger partial charge in [-0.05, 0) is 87.3 Å². The Morgan fingerprint density at radius 1 is 0.370 bits per heavy atom. The fraction of sp³-hybridized carbons (Fsp3) is 0. The van der Waals surface area contributed by atoms with Crippen LogP contribution in [0.2, 0.25) is 0 Å². The van der Waals surface area contributed by atoms with E-state index in [-0.39, 0.29) is 0 Å². The molecule has 0 radical (unpaired) electrons. The van der Waals surface area contributed by atoms with Gasteiger partial charge in [-0.3, -0.25) is 4.98 Å². The lowest BCUT2D eigenvalue weighted by molar-refractivity contribution is 1.43. The van der Waals surface area contributed by atoms with Crippen molar-refractivity contribution < 1.29 is 0 Å². The molecular formula is C43H25NS2. The lowest BCUT2D eigenvalue weighted by atomic mass is 9.90. The Kier molecular flexibility index (Phi) is 5.68. The predicted molar refractivity (Wildman–Crippen MR) is 201 cm³/mol. The average Bonchev–Trinajstić information content (AvgIpc) is 3.68. The molecule has 3 aromatic heterocycles. The summed E-state index contributed by atoms with van der Waals surface area (Å²) in [6, 6.07) is 53.6. The van der Waals surface area contributed by atoms with E-state index in [1.807, 2.05) is 34.9 Å². The number of benzene rings is 7. The van der Waals surface area contributed by atoms with Crippen molar-refractivity contribution in [3.05, 3.63) is 152 Å². The lowest BCUT2D eigenvalue weighted by Crippen LogP contribution is -1.89. The van der Waals surface area contributed by atoms with Crippen molar-refractivity contribution in [3.8, 4) is 33.4 Å². The van der Waals surface area contributed by atoms with Crippen molar-refractivity contribution in [1.82, 2.24) is 4.98 Å². The maximum Gasteiger partial charge on any atom is 0.0786 e. The van der Waals surface area contributed by atoms with Crippen LogP contribution in [0.25, 0.3) is 95.4 Å². The second kappa shape index (κ2) is 10.1. The quantitative estimate of drug-likeness (QED) is 0.179. The van der Waals surface area contributed by atoms with Gasteiger partial charge in [-0.15, -0.1) is 22.7 Å². The number of aromatic nitrogens is 1. The number of nitrogens with zero attached hydrogens (tertiary/aromatic N) is 1. The van der Waals surface area contributed by atoms with E-state index in [1.54, 1.807) is 0 Å². The highest BCUT2D eigenvalue weighted by atomic mass is 32.1. The van der Waals surface area contributed by atoms with Crippen molar-refractivity contribution in [3.63, 3.8) is 0 Å². The molecule has 46 heavy (non-hydrogen) atoms. The van der Waals surface area contributed by atoms with Gasteiger partial charge in [0.05, 0.1) is 5.52 Å². The van der Waals surface area contributed by atoms with Gasteiger partial charge >= 0.3 is 0 Å². The lowest BCUT2D eigenvalue weighted by Gasteiger charge is -2.14.